The normalized spacial score (nSPS) is 12.0. The molecular weight excluding hydrogens is 266 g/mol. The topological polar surface area (TPSA) is 63.3 Å². The number of aromatic nitrogens is 1. The Morgan fingerprint density at radius 2 is 1.90 bits per heavy atom. The summed E-state index contributed by atoms with van der Waals surface area (Å²) < 4.78 is 5.12. The summed E-state index contributed by atoms with van der Waals surface area (Å²) in [6.07, 6.45) is 2.09. The summed E-state index contributed by atoms with van der Waals surface area (Å²) in [6, 6.07) is 14.2. The quantitative estimate of drug-likeness (QED) is 0.608. The second kappa shape index (κ2) is 4.31. The van der Waals surface area contributed by atoms with Gasteiger partial charge in [-0.05, 0) is 34.7 Å². The van der Waals surface area contributed by atoms with E-state index >= 15 is 0 Å². The van der Waals surface area contributed by atoms with Crippen molar-refractivity contribution in [1.82, 2.24) is 5.16 Å². The Bertz CT molecular complexity index is 864. The number of benzene rings is 2. The molecule has 1 aliphatic carbocycles. The van der Waals surface area contributed by atoms with E-state index in [1.165, 1.54) is 28.5 Å². The molecule has 1 heterocycles. The number of fused-ring (bicyclic) bond motifs is 3. The zero-order valence-corrected chi connectivity index (χ0v) is 11.0. The van der Waals surface area contributed by atoms with Gasteiger partial charge < -0.3 is 9.63 Å². The number of hydrogen-bond acceptors (Lipinski definition) is 3. The first kappa shape index (κ1) is 11.9. The summed E-state index contributed by atoms with van der Waals surface area (Å²) in [5.41, 5.74) is 5.75. The molecule has 1 aliphatic rings. The first-order valence-electron chi connectivity index (χ1n) is 6.63. The van der Waals surface area contributed by atoms with E-state index < -0.39 is 5.97 Å². The lowest BCUT2D eigenvalue weighted by Gasteiger charge is -2.03. The molecule has 1 aromatic heterocycles. The molecule has 4 rings (SSSR count). The van der Waals surface area contributed by atoms with Crippen molar-refractivity contribution in [2.45, 2.75) is 6.42 Å². The molecule has 0 fully saturated rings. The van der Waals surface area contributed by atoms with Crippen LogP contribution in [-0.2, 0) is 6.42 Å². The SMILES string of the molecule is O=C(O)c1cnoc1-c1ccc2c(c1)Cc1ccccc1-2. The Hall–Kier alpha value is -2.88. The van der Waals surface area contributed by atoms with Crippen LogP contribution in [0.3, 0.4) is 0 Å². The Balaban J connectivity index is 1.83. The predicted octanol–water partition coefficient (Wildman–Crippen LogP) is 3.61. The summed E-state index contributed by atoms with van der Waals surface area (Å²) in [7, 11) is 0. The lowest BCUT2D eigenvalue weighted by molar-refractivity contribution is 0.0697. The van der Waals surface area contributed by atoms with Crippen LogP contribution in [0.25, 0.3) is 22.5 Å². The van der Waals surface area contributed by atoms with E-state index in [0.29, 0.717) is 5.76 Å². The Labute approximate surface area is 120 Å². The fraction of sp³-hybridized carbons (Fsp3) is 0.0588. The average Bonchev–Trinajstić information content (AvgIpc) is 3.11. The Morgan fingerprint density at radius 1 is 1.10 bits per heavy atom. The van der Waals surface area contributed by atoms with Crippen molar-refractivity contribution in [3.63, 3.8) is 0 Å². The minimum atomic E-state index is -1.03. The monoisotopic (exact) mass is 277 g/mol. The maximum atomic E-state index is 11.2. The van der Waals surface area contributed by atoms with Crippen LogP contribution in [-0.4, -0.2) is 16.2 Å². The maximum Gasteiger partial charge on any atom is 0.341 e. The predicted molar refractivity (Wildman–Crippen MR) is 77.1 cm³/mol. The highest BCUT2D eigenvalue weighted by atomic mass is 16.5. The van der Waals surface area contributed by atoms with Crippen molar-refractivity contribution in [2.24, 2.45) is 0 Å². The molecule has 4 heteroatoms. The fourth-order valence-electron chi connectivity index (χ4n) is 2.89. The zero-order valence-electron chi connectivity index (χ0n) is 11.0. The molecule has 102 valence electrons. The second-order valence-corrected chi connectivity index (χ2v) is 5.08. The van der Waals surface area contributed by atoms with Crippen molar-refractivity contribution in [3.05, 3.63) is 65.4 Å². The van der Waals surface area contributed by atoms with Gasteiger partial charge in [0, 0.05) is 5.56 Å². The van der Waals surface area contributed by atoms with Crippen LogP contribution in [0.15, 0.2) is 53.2 Å². The Morgan fingerprint density at radius 3 is 2.76 bits per heavy atom. The van der Waals surface area contributed by atoms with E-state index in [-0.39, 0.29) is 5.56 Å². The van der Waals surface area contributed by atoms with Crippen molar-refractivity contribution in [1.29, 1.82) is 0 Å². The van der Waals surface area contributed by atoms with Gasteiger partial charge in [0.15, 0.2) is 5.76 Å². The van der Waals surface area contributed by atoms with Crippen LogP contribution >= 0.6 is 0 Å². The molecule has 0 atom stereocenters. The summed E-state index contributed by atoms with van der Waals surface area (Å²) in [5.74, 6) is -0.726. The van der Waals surface area contributed by atoms with Crippen LogP contribution in [0.1, 0.15) is 21.5 Å². The number of carboxylic acid groups (broad SMARTS) is 1. The molecule has 0 spiro atoms. The largest absolute Gasteiger partial charge is 0.477 e. The van der Waals surface area contributed by atoms with E-state index in [2.05, 4.69) is 17.3 Å². The molecular formula is C17H11NO3. The van der Waals surface area contributed by atoms with E-state index in [9.17, 15) is 4.79 Å². The van der Waals surface area contributed by atoms with Gasteiger partial charge in [0.25, 0.3) is 0 Å². The van der Waals surface area contributed by atoms with E-state index in [0.717, 1.165) is 12.0 Å². The van der Waals surface area contributed by atoms with Crippen molar-refractivity contribution >= 4 is 5.97 Å². The number of carboxylic acids is 1. The molecule has 1 N–H and O–H groups in total. The van der Waals surface area contributed by atoms with Crippen LogP contribution in [0.5, 0.6) is 0 Å². The highest BCUT2D eigenvalue weighted by Crippen LogP contribution is 2.38. The lowest BCUT2D eigenvalue weighted by atomic mass is 10.0. The zero-order chi connectivity index (χ0) is 14.4. The van der Waals surface area contributed by atoms with Gasteiger partial charge in [-0.1, -0.05) is 41.6 Å². The van der Waals surface area contributed by atoms with Crippen LogP contribution in [0.2, 0.25) is 0 Å². The fourth-order valence-corrected chi connectivity index (χ4v) is 2.89. The first-order valence-corrected chi connectivity index (χ1v) is 6.63. The van der Waals surface area contributed by atoms with Gasteiger partial charge in [0.2, 0.25) is 0 Å². The number of hydrogen-bond donors (Lipinski definition) is 1. The van der Waals surface area contributed by atoms with Gasteiger partial charge in [-0.3, -0.25) is 0 Å². The van der Waals surface area contributed by atoms with E-state index in [1.807, 2.05) is 30.3 Å². The molecule has 2 aromatic carbocycles. The average molecular weight is 277 g/mol. The van der Waals surface area contributed by atoms with Crippen molar-refractivity contribution < 1.29 is 14.4 Å². The molecule has 21 heavy (non-hydrogen) atoms. The van der Waals surface area contributed by atoms with Gasteiger partial charge in [0.05, 0.1) is 6.20 Å². The van der Waals surface area contributed by atoms with Gasteiger partial charge in [-0.15, -0.1) is 0 Å². The lowest BCUT2D eigenvalue weighted by Crippen LogP contribution is -1.96. The third-order valence-electron chi connectivity index (χ3n) is 3.86. The van der Waals surface area contributed by atoms with E-state index in [4.69, 9.17) is 9.63 Å². The third-order valence-corrected chi connectivity index (χ3v) is 3.86. The highest BCUT2D eigenvalue weighted by Gasteiger charge is 2.21. The molecule has 3 aromatic rings. The third kappa shape index (κ3) is 1.76. The molecule has 0 amide bonds. The summed E-state index contributed by atoms with van der Waals surface area (Å²) in [4.78, 5) is 11.2. The van der Waals surface area contributed by atoms with Gasteiger partial charge in [0.1, 0.15) is 5.56 Å². The summed E-state index contributed by atoms with van der Waals surface area (Å²) in [5, 5.41) is 12.7. The van der Waals surface area contributed by atoms with Crippen LogP contribution in [0.4, 0.5) is 0 Å². The second-order valence-electron chi connectivity index (χ2n) is 5.08. The van der Waals surface area contributed by atoms with Crippen LogP contribution < -0.4 is 0 Å². The number of nitrogens with zero attached hydrogens (tertiary/aromatic N) is 1. The molecule has 0 aliphatic heterocycles. The standard InChI is InChI=1S/C17H11NO3/c19-17(20)15-9-18-21-16(15)11-5-6-14-12(8-11)7-10-3-1-2-4-13(10)14/h1-6,8-9H,7H2,(H,19,20). The first-order chi connectivity index (χ1) is 10.2. The van der Waals surface area contributed by atoms with Gasteiger partial charge in [-0.2, -0.15) is 0 Å². The van der Waals surface area contributed by atoms with E-state index in [1.54, 1.807) is 0 Å². The molecule has 0 saturated carbocycles. The summed E-state index contributed by atoms with van der Waals surface area (Å²) >= 11 is 0. The molecule has 0 unspecified atom stereocenters. The maximum absolute atomic E-state index is 11.2. The molecule has 4 nitrogen and oxygen atoms in total. The number of carbonyl (C=O) groups is 1. The Kier molecular flexibility index (Phi) is 2.44. The minimum Gasteiger partial charge on any atom is -0.477 e. The van der Waals surface area contributed by atoms with Crippen molar-refractivity contribution in [3.8, 4) is 22.5 Å². The van der Waals surface area contributed by atoms with Crippen molar-refractivity contribution in [2.75, 3.05) is 0 Å². The highest BCUT2D eigenvalue weighted by molar-refractivity contribution is 5.94. The molecule has 0 radical (unpaired) electrons. The molecule has 0 bridgehead atoms. The number of rotatable bonds is 2. The summed E-state index contributed by atoms with van der Waals surface area (Å²) in [6.45, 7) is 0. The smallest absolute Gasteiger partial charge is 0.341 e. The van der Waals surface area contributed by atoms with Crippen LogP contribution in [0, 0.1) is 0 Å². The van der Waals surface area contributed by atoms with Gasteiger partial charge >= 0.3 is 5.97 Å². The van der Waals surface area contributed by atoms with Gasteiger partial charge in [-0.25, -0.2) is 4.79 Å². The molecule has 0 saturated heterocycles. The number of aromatic carboxylic acids is 1. The minimum absolute atomic E-state index is 0.0884.